The van der Waals surface area contributed by atoms with E-state index in [0.29, 0.717) is 11.8 Å². The van der Waals surface area contributed by atoms with E-state index in [2.05, 4.69) is 47.4 Å². The SMILES string of the molecule is COc1ccc(CCc2ccc(CN3CC4COc5ccc(C#N)cc5C4C3)cc2)cc1.Cl. The first-order valence-corrected chi connectivity index (χ1v) is 11.3. The molecule has 170 valence electrons. The summed E-state index contributed by atoms with van der Waals surface area (Å²) in [7, 11) is 1.70. The van der Waals surface area contributed by atoms with E-state index in [-0.39, 0.29) is 12.4 Å². The molecular weight excluding hydrogens is 432 g/mol. The molecule has 3 aromatic carbocycles. The second kappa shape index (κ2) is 10.3. The molecule has 2 aliphatic rings. The van der Waals surface area contributed by atoms with Gasteiger partial charge in [-0.05, 0) is 59.9 Å². The topological polar surface area (TPSA) is 45.5 Å². The Kier molecular flexibility index (Phi) is 7.23. The van der Waals surface area contributed by atoms with E-state index in [0.717, 1.165) is 56.1 Å². The molecule has 0 aromatic heterocycles. The first-order valence-electron chi connectivity index (χ1n) is 11.3. The van der Waals surface area contributed by atoms with Crippen LogP contribution in [0.4, 0.5) is 0 Å². The van der Waals surface area contributed by atoms with E-state index < -0.39 is 0 Å². The number of hydrogen-bond donors (Lipinski definition) is 0. The van der Waals surface area contributed by atoms with E-state index in [1.54, 1.807) is 7.11 Å². The van der Waals surface area contributed by atoms with Crippen molar-refractivity contribution in [2.24, 2.45) is 5.92 Å². The van der Waals surface area contributed by atoms with Gasteiger partial charge in [-0.3, -0.25) is 4.90 Å². The van der Waals surface area contributed by atoms with Gasteiger partial charge in [0.1, 0.15) is 11.5 Å². The molecule has 0 amide bonds. The third kappa shape index (κ3) is 5.16. The monoisotopic (exact) mass is 460 g/mol. The summed E-state index contributed by atoms with van der Waals surface area (Å²) in [5.41, 5.74) is 5.97. The normalized spacial score (nSPS) is 18.9. The lowest BCUT2D eigenvalue weighted by molar-refractivity contribution is 0.212. The second-order valence-corrected chi connectivity index (χ2v) is 8.90. The zero-order valence-electron chi connectivity index (χ0n) is 18.9. The van der Waals surface area contributed by atoms with Crippen molar-refractivity contribution in [1.29, 1.82) is 5.26 Å². The predicted octanol–water partition coefficient (Wildman–Crippen LogP) is 5.38. The summed E-state index contributed by atoms with van der Waals surface area (Å²) in [6, 6.07) is 25.5. The van der Waals surface area contributed by atoms with E-state index in [1.165, 1.54) is 22.3 Å². The zero-order valence-corrected chi connectivity index (χ0v) is 19.7. The number of ether oxygens (including phenoxy) is 2. The third-order valence-electron chi connectivity index (χ3n) is 6.80. The first-order chi connectivity index (χ1) is 15.7. The van der Waals surface area contributed by atoms with Gasteiger partial charge in [0.05, 0.1) is 25.3 Å². The van der Waals surface area contributed by atoms with Crippen molar-refractivity contribution in [1.82, 2.24) is 4.90 Å². The molecule has 0 saturated carbocycles. The van der Waals surface area contributed by atoms with E-state index in [9.17, 15) is 5.26 Å². The maximum Gasteiger partial charge on any atom is 0.122 e. The van der Waals surface area contributed by atoms with Crippen LogP contribution in [0.2, 0.25) is 0 Å². The van der Waals surface area contributed by atoms with E-state index in [4.69, 9.17) is 9.47 Å². The highest BCUT2D eigenvalue weighted by molar-refractivity contribution is 5.85. The van der Waals surface area contributed by atoms with Crippen molar-refractivity contribution >= 4 is 12.4 Å². The van der Waals surface area contributed by atoms with Gasteiger partial charge in [0.25, 0.3) is 0 Å². The molecule has 1 fully saturated rings. The molecule has 4 nitrogen and oxygen atoms in total. The van der Waals surface area contributed by atoms with Gasteiger partial charge in [0.15, 0.2) is 0 Å². The Labute approximate surface area is 202 Å². The van der Waals surface area contributed by atoms with Crippen molar-refractivity contribution in [2.75, 3.05) is 26.8 Å². The lowest BCUT2D eigenvalue weighted by Gasteiger charge is -2.27. The standard InChI is InChI=1S/C28H28N2O2.ClH/c1-31-25-11-8-21(9-12-25)3-2-20-4-6-22(7-5-20)16-30-17-24-19-32-28-13-10-23(15-29)14-26(28)27(24)18-30;/h4-14,24,27H,2-3,16-19H2,1H3;1H. The minimum absolute atomic E-state index is 0. The second-order valence-electron chi connectivity index (χ2n) is 8.90. The molecule has 0 N–H and O–H groups in total. The van der Waals surface area contributed by atoms with Crippen molar-refractivity contribution in [3.05, 3.63) is 94.5 Å². The molecule has 3 aromatic rings. The summed E-state index contributed by atoms with van der Waals surface area (Å²) in [4.78, 5) is 2.53. The number of nitriles is 1. The number of benzene rings is 3. The number of fused-ring (bicyclic) bond motifs is 3. The van der Waals surface area contributed by atoms with Crippen molar-refractivity contribution in [2.45, 2.75) is 25.3 Å². The minimum atomic E-state index is 0. The van der Waals surface area contributed by atoms with Gasteiger partial charge in [-0.25, -0.2) is 0 Å². The van der Waals surface area contributed by atoms with Crippen molar-refractivity contribution in [3.63, 3.8) is 0 Å². The Bertz CT molecular complexity index is 1120. The molecule has 0 bridgehead atoms. The van der Waals surface area contributed by atoms with Crippen LogP contribution in [0.3, 0.4) is 0 Å². The van der Waals surface area contributed by atoms with Crippen LogP contribution in [-0.4, -0.2) is 31.7 Å². The van der Waals surface area contributed by atoms with Crippen LogP contribution in [0.1, 0.15) is 33.7 Å². The smallest absolute Gasteiger partial charge is 0.122 e. The number of rotatable bonds is 6. The van der Waals surface area contributed by atoms with E-state index >= 15 is 0 Å². The Balaban J connectivity index is 0.00000259. The fraction of sp³-hybridized carbons (Fsp3) is 0.321. The highest BCUT2D eigenvalue weighted by atomic mass is 35.5. The predicted molar refractivity (Wildman–Crippen MR) is 132 cm³/mol. The Morgan fingerprint density at radius 1 is 0.939 bits per heavy atom. The number of hydrogen-bond acceptors (Lipinski definition) is 4. The van der Waals surface area contributed by atoms with Gasteiger partial charge in [0.2, 0.25) is 0 Å². The summed E-state index contributed by atoms with van der Waals surface area (Å²) in [5, 5.41) is 9.27. The largest absolute Gasteiger partial charge is 0.497 e. The van der Waals surface area contributed by atoms with Crippen LogP contribution in [0.5, 0.6) is 11.5 Å². The maximum atomic E-state index is 9.27. The van der Waals surface area contributed by atoms with Crippen LogP contribution in [0.15, 0.2) is 66.7 Å². The number of methoxy groups -OCH3 is 1. The average molecular weight is 461 g/mol. The van der Waals surface area contributed by atoms with Gasteiger partial charge in [-0.1, -0.05) is 36.4 Å². The van der Waals surface area contributed by atoms with Gasteiger partial charge in [-0.2, -0.15) is 5.26 Å². The highest BCUT2D eigenvalue weighted by Crippen LogP contribution is 2.42. The molecule has 2 aliphatic heterocycles. The molecule has 0 spiro atoms. The van der Waals surface area contributed by atoms with Crippen LogP contribution >= 0.6 is 12.4 Å². The summed E-state index contributed by atoms with van der Waals surface area (Å²) in [6.07, 6.45) is 2.07. The van der Waals surface area contributed by atoms with Crippen molar-refractivity contribution in [3.8, 4) is 17.6 Å². The molecule has 5 heteroatoms. The van der Waals surface area contributed by atoms with Crippen LogP contribution in [0, 0.1) is 17.2 Å². The zero-order chi connectivity index (χ0) is 21.9. The van der Waals surface area contributed by atoms with Crippen LogP contribution in [-0.2, 0) is 19.4 Å². The lowest BCUT2D eigenvalue weighted by Crippen LogP contribution is -2.25. The summed E-state index contributed by atoms with van der Waals surface area (Å²) in [5.74, 6) is 2.81. The number of halogens is 1. The van der Waals surface area contributed by atoms with Gasteiger partial charge >= 0.3 is 0 Å². The Morgan fingerprint density at radius 3 is 2.27 bits per heavy atom. The molecule has 0 aliphatic carbocycles. The molecule has 2 atom stereocenters. The lowest BCUT2D eigenvalue weighted by atomic mass is 9.86. The van der Waals surface area contributed by atoms with Crippen molar-refractivity contribution < 1.29 is 9.47 Å². The summed E-state index contributed by atoms with van der Waals surface area (Å²) >= 11 is 0. The third-order valence-corrected chi connectivity index (χ3v) is 6.80. The fourth-order valence-electron chi connectivity index (χ4n) is 5.00. The summed E-state index contributed by atoms with van der Waals surface area (Å²) in [6.45, 7) is 3.79. The Morgan fingerprint density at radius 2 is 1.61 bits per heavy atom. The molecule has 1 saturated heterocycles. The molecule has 0 radical (unpaired) electrons. The summed E-state index contributed by atoms with van der Waals surface area (Å²) < 4.78 is 11.2. The maximum absolute atomic E-state index is 9.27. The number of nitrogens with zero attached hydrogens (tertiary/aromatic N) is 2. The first kappa shape index (κ1) is 23.2. The fourth-order valence-corrected chi connectivity index (χ4v) is 5.00. The quantitative estimate of drug-likeness (QED) is 0.495. The van der Waals surface area contributed by atoms with Gasteiger partial charge in [-0.15, -0.1) is 12.4 Å². The molecule has 5 rings (SSSR count). The molecule has 2 heterocycles. The molecule has 33 heavy (non-hydrogen) atoms. The van der Waals surface area contributed by atoms with E-state index in [1.807, 2.05) is 30.3 Å². The minimum Gasteiger partial charge on any atom is -0.497 e. The average Bonchev–Trinajstić information content (AvgIpc) is 3.26. The van der Waals surface area contributed by atoms with Crippen LogP contribution in [0.25, 0.3) is 0 Å². The molecular formula is C28H29ClN2O2. The molecule has 2 unspecified atom stereocenters. The van der Waals surface area contributed by atoms with Gasteiger partial charge in [0, 0.05) is 37.0 Å². The van der Waals surface area contributed by atoms with Gasteiger partial charge < -0.3 is 9.47 Å². The Hall–Kier alpha value is -3.00. The number of aryl methyl sites for hydroxylation is 2. The van der Waals surface area contributed by atoms with Crippen LogP contribution < -0.4 is 9.47 Å². The highest BCUT2D eigenvalue weighted by Gasteiger charge is 2.38. The number of likely N-dealkylation sites (tertiary alicyclic amines) is 1.